The molecule has 7 heteroatoms. The molecule has 1 rings (SSSR count). The number of nitrogens with one attached hydrogen (secondary N) is 3. The minimum absolute atomic E-state index is 0.117. The summed E-state index contributed by atoms with van der Waals surface area (Å²) in [6.07, 6.45) is 3.08. The van der Waals surface area contributed by atoms with Crippen molar-refractivity contribution in [3.8, 4) is 0 Å². The molecule has 1 atom stereocenters. The van der Waals surface area contributed by atoms with E-state index in [2.05, 4.69) is 10.5 Å². The predicted octanol–water partition coefficient (Wildman–Crippen LogP) is 1.74. The van der Waals surface area contributed by atoms with E-state index in [-0.39, 0.29) is 11.1 Å². The topological polar surface area (TPSA) is 106 Å². The zero-order chi connectivity index (χ0) is 12.8. The molecule has 3 N–H and O–H groups in total. The van der Waals surface area contributed by atoms with Crippen LogP contribution in [0.4, 0.5) is 0 Å². The molecule has 94 valence electrons. The second-order valence-electron chi connectivity index (χ2n) is 4.19. The minimum atomic E-state index is -0.675. The van der Waals surface area contributed by atoms with Gasteiger partial charge in [0.2, 0.25) is 6.41 Å². The Labute approximate surface area is 104 Å². The first-order chi connectivity index (χ1) is 8.06. The van der Waals surface area contributed by atoms with Crippen molar-refractivity contribution in [2.24, 2.45) is 11.1 Å². The van der Waals surface area contributed by atoms with Crippen LogP contribution in [0.2, 0.25) is 0 Å². The maximum Gasteiger partial charge on any atom is 0.207 e. The van der Waals surface area contributed by atoms with Crippen LogP contribution in [0, 0.1) is 21.6 Å². The number of rotatable bonds is 6. The molecule has 0 aromatic rings. The van der Waals surface area contributed by atoms with Crippen molar-refractivity contribution in [2.45, 2.75) is 38.3 Å². The number of thioether (sulfide) groups is 1. The molecule has 1 amide bonds. The Morgan fingerprint density at radius 3 is 2.76 bits per heavy atom. The summed E-state index contributed by atoms with van der Waals surface area (Å²) < 4.78 is 0. The van der Waals surface area contributed by atoms with Crippen LogP contribution in [0.3, 0.4) is 0 Å². The average Bonchev–Trinajstić information content (AvgIpc) is 2.25. The largest absolute Gasteiger partial charge is 0.356 e. The second kappa shape index (κ2) is 6.48. The summed E-state index contributed by atoms with van der Waals surface area (Å²) in [5.41, 5.74) is 0. The summed E-state index contributed by atoms with van der Waals surface area (Å²) in [6.45, 7) is 1.54. The van der Waals surface area contributed by atoms with E-state index in [0.29, 0.717) is 23.8 Å². The molecule has 1 aliphatic carbocycles. The monoisotopic (exact) mass is 256 g/mol. The fraction of sp³-hybridized carbons (Fsp3) is 0.700. The molecule has 0 radical (unpaired) electrons. The maximum absolute atomic E-state index is 10.2. The lowest BCUT2D eigenvalue weighted by Crippen LogP contribution is -2.41. The zero-order valence-electron chi connectivity index (χ0n) is 9.60. The SMILES string of the molecule is C[C@@H](N=O)C(=N)SC(=N)C[C@H]1C[C@@H](NC=O)C1. The molecule has 1 saturated carbocycles. The summed E-state index contributed by atoms with van der Waals surface area (Å²) >= 11 is 1.01. The highest BCUT2D eigenvalue weighted by Crippen LogP contribution is 2.32. The van der Waals surface area contributed by atoms with Gasteiger partial charge in [-0.05, 0) is 32.1 Å². The summed E-state index contributed by atoms with van der Waals surface area (Å²) in [7, 11) is 0. The Hall–Kier alpha value is -1.24. The van der Waals surface area contributed by atoms with Gasteiger partial charge in [0.15, 0.2) is 0 Å². The van der Waals surface area contributed by atoms with E-state index >= 15 is 0 Å². The predicted molar refractivity (Wildman–Crippen MR) is 68.6 cm³/mol. The first-order valence-electron chi connectivity index (χ1n) is 5.42. The van der Waals surface area contributed by atoms with Crippen LogP contribution in [0.25, 0.3) is 0 Å². The highest BCUT2D eigenvalue weighted by atomic mass is 32.2. The van der Waals surface area contributed by atoms with Gasteiger partial charge in [0.1, 0.15) is 6.04 Å². The molecule has 0 heterocycles. The first-order valence-corrected chi connectivity index (χ1v) is 6.24. The third-order valence-electron chi connectivity index (χ3n) is 2.78. The number of hydrogen-bond donors (Lipinski definition) is 3. The molecule has 1 fully saturated rings. The van der Waals surface area contributed by atoms with E-state index in [0.717, 1.165) is 24.6 Å². The number of nitrogens with zero attached hydrogens (tertiary/aromatic N) is 1. The van der Waals surface area contributed by atoms with Gasteiger partial charge >= 0.3 is 0 Å². The Morgan fingerprint density at radius 2 is 2.24 bits per heavy atom. The number of carbonyl (C=O) groups is 1. The quantitative estimate of drug-likeness (QED) is 0.291. The fourth-order valence-corrected chi connectivity index (χ4v) is 2.50. The lowest BCUT2D eigenvalue weighted by atomic mass is 9.78. The Balaban J connectivity index is 2.21. The molecule has 6 nitrogen and oxygen atoms in total. The zero-order valence-corrected chi connectivity index (χ0v) is 10.4. The van der Waals surface area contributed by atoms with Gasteiger partial charge in [-0.1, -0.05) is 16.9 Å². The molecule has 17 heavy (non-hydrogen) atoms. The summed E-state index contributed by atoms with van der Waals surface area (Å²) in [4.78, 5) is 20.4. The maximum atomic E-state index is 10.2. The van der Waals surface area contributed by atoms with E-state index in [4.69, 9.17) is 10.8 Å². The highest BCUT2D eigenvalue weighted by Gasteiger charge is 2.29. The average molecular weight is 256 g/mol. The summed E-state index contributed by atoms with van der Waals surface area (Å²) in [5.74, 6) is 0.403. The molecule has 0 unspecified atom stereocenters. The van der Waals surface area contributed by atoms with Crippen LogP contribution < -0.4 is 5.32 Å². The van der Waals surface area contributed by atoms with Gasteiger partial charge in [-0.15, -0.1) is 0 Å². The number of amides is 1. The molecular weight excluding hydrogens is 240 g/mol. The summed E-state index contributed by atoms with van der Waals surface area (Å²) in [6, 6.07) is -0.434. The molecule has 0 saturated heterocycles. The van der Waals surface area contributed by atoms with Crippen molar-refractivity contribution < 1.29 is 4.79 Å². The van der Waals surface area contributed by atoms with Crippen molar-refractivity contribution >= 4 is 28.3 Å². The normalized spacial score (nSPS) is 24.3. The third kappa shape index (κ3) is 4.26. The van der Waals surface area contributed by atoms with Crippen molar-refractivity contribution in [3.63, 3.8) is 0 Å². The van der Waals surface area contributed by atoms with Crippen molar-refractivity contribution in [3.05, 3.63) is 4.91 Å². The summed E-state index contributed by atoms with van der Waals surface area (Å²) in [5, 5.41) is 21.2. The van der Waals surface area contributed by atoms with E-state index in [1.54, 1.807) is 6.92 Å². The van der Waals surface area contributed by atoms with Crippen LogP contribution in [-0.4, -0.2) is 28.6 Å². The molecule has 0 aromatic carbocycles. The molecule has 0 bridgehead atoms. The van der Waals surface area contributed by atoms with Gasteiger partial charge in [-0.25, -0.2) is 0 Å². The van der Waals surface area contributed by atoms with Gasteiger partial charge in [0, 0.05) is 6.04 Å². The van der Waals surface area contributed by atoms with Gasteiger partial charge in [-0.3, -0.25) is 15.6 Å². The number of nitroso groups, excluding NO2 is 1. The van der Waals surface area contributed by atoms with Gasteiger partial charge in [-0.2, -0.15) is 4.91 Å². The molecule has 0 spiro atoms. The van der Waals surface area contributed by atoms with Crippen LogP contribution in [-0.2, 0) is 4.79 Å². The Bertz CT molecular complexity index is 328. The standard InChI is InChI=1S/C10H16N4O2S/c1-6(14-16)10(12)17-9(11)4-7-2-8(3-7)13-5-15/h5-8,11-12H,2-4H2,1H3,(H,13,15)/t6-,7-,8+/m1/s1. The smallest absolute Gasteiger partial charge is 0.207 e. The molecule has 1 aliphatic rings. The number of hydrogen-bond acceptors (Lipinski definition) is 6. The van der Waals surface area contributed by atoms with E-state index in [1.807, 2.05) is 0 Å². The van der Waals surface area contributed by atoms with Crippen LogP contribution in [0.5, 0.6) is 0 Å². The Kier molecular flexibility index (Phi) is 5.27. The van der Waals surface area contributed by atoms with E-state index in [9.17, 15) is 9.70 Å². The lowest BCUT2D eigenvalue weighted by Gasteiger charge is -2.34. The second-order valence-corrected chi connectivity index (χ2v) is 5.33. The molecule has 0 aromatic heterocycles. The van der Waals surface area contributed by atoms with Crippen molar-refractivity contribution in [2.75, 3.05) is 0 Å². The first kappa shape index (κ1) is 13.8. The highest BCUT2D eigenvalue weighted by molar-refractivity contribution is 8.26. The third-order valence-corrected chi connectivity index (χ3v) is 3.76. The minimum Gasteiger partial charge on any atom is -0.356 e. The fourth-order valence-electron chi connectivity index (χ4n) is 1.70. The van der Waals surface area contributed by atoms with Crippen LogP contribution in [0.15, 0.2) is 5.18 Å². The number of carbonyl (C=O) groups excluding carboxylic acids is 1. The molecule has 0 aliphatic heterocycles. The van der Waals surface area contributed by atoms with Crippen LogP contribution in [0.1, 0.15) is 26.2 Å². The molecular formula is C10H16N4O2S. The van der Waals surface area contributed by atoms with Gasteiger partial charge in [0.25, 0.3) is 0 Å². The van der Waals surface area contributed by atoms with Crippen molar-refractivity contribution in [1.29, 1.82) is 10.8 Å². The van der Waals surface area contributed by atoms with Gasteiger partial charge in [0.05, 0.1) is 10.1 Å². The van der Waals surface area contributed by atoms with Crippen LogP contribution >= 0.6 is 11.8 Å². The van der Waals surface area contributed by atoms with E-state index < -0.39 is 6.04 Å². The van der Waals surface area contributed by atoms with Crippen molar-refractivity contribution in [1.82, 2.24) is 5.32 Å². The van der Waals surface area contributed by atoms with E-state index in [1.165, 1.54) is 0 Å². The van der Waals surface area contributed by atoms with Gasteiger partial charge < -0.3 is 5.32 Å². The lowest BCUT2D eigenvalue weighted by molar-refractivity contribution is -0.110. The Morgan fingerprint density at radius 1 is 1.59 bits per heavy atom.